The molecule has 0 saturated carbocycles. The molecule has 4 N–H and O–H groups in total. The number of phosphoric acid groups is 1. The first-order chi connectivity index (χ1) is 34.2. The minimum atomic E-state index is -4.83. The van der Waals surface area contributed by atoms with E-state index in [0.29, 0.717) is 64.0 Å². The SMILES string of the molecule is CC(=O)OCC(COP(=O)([O-])OCCNC(=O)COCCOCC(=O)NCCOCCOCCOc1ccc(C(CC(=O)O)CC2CCN(C(=O)CCc3ccc4c(n3)NCCC4)CC2)cc1)OC(C)=O. The number of aliphatic carboxylic acids is 1. The van der Waals surface area contributed by atoms with Gasteiger partial charge in [-0.05, 0) is 79.7 Å². The highest BCUT2D eigenvalue weighted by atomic mass is 31.2. The number of ether oxygens (including phenoxy) is 7. The van der Waals surface area contributed by atoms with Crippen LogP contribution in [-0.2, 0) is 83.6 Å². The van der Waals surface area contributed by atoms with Gasteiger partial charge in [0.15, 0.2) is 6.10 Å². The molecule has 1 aromatic carbocycles. The molecule has 1 saturated heterocycles. The number of rotatable bonds is 35. The van der Waals surface area contributed by atoms with Gasteiger partial charge < -0.3 is 73.1 Å². The van der Waals surface area contributed by atoms with Crippen molar-refractivity contribution >= 4 is 49.3 Å². The lowest BCUT2D eigenvalue weighted by Gasteiger charge is -2.33. The second-order valence-corrected chi connectivity index (χ2v) is 18.2. The molecular formula is C47H69N5O18P-. The summed E-state index contributed by atoms with van der Waals surface area (Å²) in [5, 5.41) is 18.1. The number of carboxylic acid groups (broad SMARTS) is 1. The fourth-order valence-electron chi connectivity index (χ4n) is 7.58. The number of aromatic nitrogens is 1. The quantitative estimate of drug-likeness (QED) is 0.0436. The van der Waals surface area contributed by atoms with Crippen LogP contribution in [0.25, 0.3) is 0 Å². The standard InChI is InChI=1S/C47H70N5O18P/c1-34(53)67-30-42(70-35(2)54)31-69-71(60,61)68-21-17-49-44(56)33-65-25-24-64-32-43(55)48-16-20-62-22-23-63-26-27-66-41-10-6-37(7-11-41)39(29-46(58)59)28-36-13-18-52(19-14-36)45(57)12-9-40-8-5-38-4-3-15-50-47(38)51-40/h5-8,10-11,36,39,42H,3-4,9,12-33H2,1-2H3,(H,48,55)(H,49,56)(H,50,51)(H,58,59)(H,60,61)/p-1. The van der Waals surface area contributed by atoms with Gasteiger partial charge in [0.05, 0.1) is 59.3 Å². The lowest BCUT2D eigenvalue weighted by Crippen LogP contribution is -2.39. The van der Waals surface area contributed by atoms with Gasteiger partial charge in [0.2, 0.25) is 17.7 Å². The molecular weight excluding hydrogens is 954 g/mol. The van der Waals surface area contributed by atoms with Crippen LogP contribution >= 0.6 is 7.82 Å². The molecule has 71 heavy (non-hydrogen) atoms. The molecule has 2 aliphatic heterocycles. The third-order valence-corrected chi connectivity index (χ3v) is 12.0. The van der Waals surface area contributed by atoms with Crippen LogP contribution in [0.4, 0.5) is 5.82 Å². The molecule has 4 rings (SSSR count). The summed E-state index contributed by atoms with van der Waals surface area (Å²) in [6.45, 7) is 3.97. The topological polar surface area (TPSA) is 298 Å². The lowest BCUT2D eigenvalue weighted by molar-refractivity contribution is -0.228. The Bertz CT molecular complexity index is 2020. The van der Waals surface area contributed by atoms with Crippen molar-refractivity contribution < 1.29 is 85.5 Å². The highest BCUT2D eigenvalue weighted by Gasteiger charge is 2.27. The number of carboxylic acids is 1. The first-order valence-corrected chi connectivity index (χ1v) is 25.3. The zero-order chi connectivity index (χ0) is 51.3. The van der Waals surface area contributed by atoms with E-state index in [0.717, 1.165) is 69.6 Å². The molecule has 396 valence electrons. The number of esters is 2. The van der Waals surface area contributed by atoms with Crippen molar-refractivity contribution in [3.63, 3.8) is 0 Å². The van der Waals surface area contributed by atoms with Gasteiger partial charge in [0.1, 0.15) is 38.0 Å². The van der Waals surface area contributed by atoms with Crippen molar-refractivity contribution in [2.24, 2.45) is 5.92 Å². The Morgan fingerprint density at radius 2 is 1.46 bits per heavy atom. The maximum Gasteiger partial charge on any atom is 0.303 e. The minimum Gasteiger partial charge on any atom is -0.756 e. The average molecular weight is 1020 g/mol. The third-order valence-electron chi connectivity index (χ3n) is 11.1. The Kier molecular flexibility index (Phi) is 26.8. The Hall–Kier alpha value is -5.26. The number of phosphoric ester groups is 1. The molecule has 3 amide bonds. The highest BCUT2D eigenvalue weighted by molar-refractivity contribution is 7.45. The van der Waals surface area contributed by atoms with E-state index in [4.69, 9.17) is 38.1 Å². The average Bonchev–Trinajstić information content (AvgIpc) is 3.34. The number of likely N-dealkylation sites (tertiary alicyclic amines) is 1. The fourth-order valence-corrected chi connectivity index (χ4v) is 8.32. The molecule has 2 aromatic rings. The number of hydrogen-bond acceptors (Lipinski definition) is 19. The number of aryl methyl sites for hydroxylation is 2. The van der Waals surface area contributed by atoms with Gasteiger partial charge in [-0.1, -0.05) is 18.2 Å². The van der Waals surface area contributed by atoms with Gasteiger partial charge in [-0.15, -0.1) is 0 Å². The van der Waals surface area contributed by atoms with Crippen LogP contribution in [0.5, 0.6) is 5.75 Å². The summed E-state index contributed by atoms with van der Waals surface area (Å²) in [5.74, 6) is -1.30. The van der Waals surface area contributed by atoms with Crippen LogP contribution in [0.3, 0.4) is 0 Å². The molecule has 23 nitrogen and oxygen atoms in total. The van der Waals surface area contributed by atoms with Crippen molar-refractivity contribution in [3.05, 3.63) is 53.2 Å². The summed E-state index contributed by atoms with van der Waals surface area (Å²) in [4.78, 5) is 89.5. The molecule has 1 fully saturated rings. The number of carbonyl (C=O) groups is 6. The Morgan fingerprint density at radius 3 is 2.13 bits per heavy atom. The third kappa shape index (κ3) is 25.1. The van der Waals surface area contributed by atoms with E-state index in [1.165, 1.54) is 5.56 Å². The minimum absolute atomic E-state index is 0.00843. The molecule has 0 bridgehead atoms. The maximum absolute atomic E-state index is 13.0. The number of carbonyl (C=O) groups excluding carboxylic acids is 5. The van der Waals surface area contributed by atoms with Crippen LogP contribution in [0.1, 0.15) is 75.1 Å². The summed E-state index contributed by atoms with van der Waals surface area (Å²) in [6, 6.07) is 11.6. The summed E-state index contributed by atoms with van der Waals surface area (Å²) < 4.78 is 58.1. The maximum atomic E-state index is 13.0. The number of anilines is 1. The van der Waals surface area contributed by atoms with Crippen LogP contribution in [0.15, 0.2) is 36.4 Å². The zero-order valence-corrected chi connectivity index (χ0v) is 41.5. The molecule has 2 aliphatic rings. The first kappa shape index (κ1) is 58.3. The largest absolute Gasteiger partial charge is 0.756 e. The van der Waals surface area contributed by atoms with Crippen LogP contribution in [-0.4, -0.2) is 169 Å². The van der Waals surface area contributed by atoms with E-state index < -0.39 is 57.6 Å². The predicted molar refractivity (Wildman–Crippen MR) is 251 cm³/mol. The van der Waals surface area contributed by atoms with Gasteiger partial charge >= 0.3 is 17.9 Å². The van der Waals surface area contributed by atoms with E-state index in [1.54, 1.807) is 0 Å². The molecule has 0 aliphatic carbocycles. The Morgan fingerprint density at radius 1 is 0.817 bits per heavy atom. The highest BCUT2D eigenvalue weighted by Crippen LogP contribution is 2.38. The van der Waals surface area contributed by atoms with E-state index >= 15 is 0 Å². The van der Waals surface area contributed by atoms with Crippen LogP contribution < -0.4 is 25.6 Å². The van der Waals surface area contributed by atoms with E-state index in [-0.39, 0.29) is 70.3 Å². The summed E-state index contributed by atoms with van der Waals surface area (Å²) in [5.41, 5.74) is 3.09. The predicted octanol–water partition coefficient (Wildman–Crippen LogP) is 1.93. The number of pyridine rings is 1. The molecule has 0 spiro atoms. The van der Waals surface area contributed by atoms with Crippen LogP contribution in [0.2, 0.25) is 0 Å². The van der Waals surface area contributed by atoms with Crippen molar-refractivity contribution in [3.8, 4) is 5.75 Å². The zero-order valence-electron chi connectivity index (χ0n) is 40.6. The van der Waals surface area contributed by atoms with Crippen molar-refractivity contribution in [2.75, 3.05) is 117 Å². The monoisotopic (exact) mass is 1020 g/mol. The van der Waals surface area contributed by atoms with Crippen molar-refractivity contribution in [1.29, 1.82) is 0 Å². The molecule has 3 atom stereocenters. The molecule has 24 heteroatoms. The van der Waals surface area contributed by atoms with E-state index in [9.17, 15) is 43.3 Å². The van der Waals surface area contributed by atoms with Gasteiger partial charge in [-0.3, -0.25) is 33.3 Å². The fraction of sp³-hybridized carbons (Fsp3) is 0.638. The summed E-state index contributed by atoms with van der Waals surface area (Å²) >= 11 is 0. The molecule has 3 heterocycles. The number of benzene rings is 1. The van der Waals surface area contributed by atoms with Gasteiger partial charge in [-0.25, -0.2) is 4.98 Å². The molecule has 0 radical (unpaired) electrons. The number of amides is 3. The lowest BCUT2D eigenvalue weighted by atomic mass is 9.82. The summed E-state index contributed by atoms with van der Waals surface area (Å²) in [7, 11) is -4.83. The van der Waals surface area contributed by atoms with Gasteiger partial charge in [-0.2, -0.15) is 0 Å². The normalized spacial score (nSPS) is 15.3. The van der Waals surface area contributed by atoms with E-state index in [2.05, 4.69) is 31.1 Å². The number of nitrogens with zero attached hydrogens (tertiary/aromatic N) is 2. The first-order valence-electron chi connectivity index (χ1n) is 23.9. The van der Waals surface area contributed by atoms with E-state index in [1.807, 2.05) is 35.2 Å². The van der Waals surface area contributed by atoms with Crippen LogP contribution in [0, 0.1) is 5.92 Å². The number of hydrogen-bond donors (Lipinski definition) is 4. The molecule has 3 unspecified atom stereocenters. The summed E-state index contributed by atoms with van der Waals surface area (Å²) in [6.07, 6.45) is 4.42. The van der Waals surface area contributed by atoms with Gasteiger partial charge in [0.25, 0.3) is 7.82 Å². The van der Waals surface area contributed by atoms with Crippen molar-refractivity contribution in [2.45, 2.75) is 77.2 Å². The number of piperidine rings is 1. The molecule has 1 aromatic heterocycles. The Labute approximate surface area is 413 Å². The van der Waals surface area contributed by atoms with Gasteiger partial charge in [0, 0.05) is 58.7 Å². The number of nitrogens with one attached hydrogen (secondary N) is 3. The Balaban J connectivity index is 0.948. The van der Waals surface area contributed by atoms with Crippen molar-refractivity contribution in [1.82, 2.24) is 20.5 Å². The smallest absolute Gasteiger partial charge is 0.303 e. The second kappa shape index (κ2) is 32.7. The second-order valence-electron chi connectivity index (χ2n) is 16.8. The number of fused-ring (bicyclic) bond motifs is 1.